The molecule has 0 saturated heterocycles. The molecule has 0 N–H and O–H groups in total. The van der Waals surface area contributed by atoms with Crippen LogP contribution in [0.25, 0.3) is 0 Å². The molecule has 1 radical (unpaired) electrons. The van der Waals surface area contributed by atoms with Gasteiger partial charge in [0.2, 0.25) is 0 Å². The molecular weight excluding hydrogens is 314 g/mol. The number of halogens is 3. The van der Waals surface area contributed by atoms with Crippen molar-refractivity contribution in [2.24, 2.45) is 0 Å². The topological polar surface area (TPSA) is 0 Å². The molecule has 16 heavy (non-hydrogen) atoms. The van der Waals surface area contributed by atoms with Gasteiger partial charge in [-0.2, -0.15) is 28.8 Å². The molecule has 1 aliphatic carbocycles. The van der Waals surface area contributed by atoms with Gasteiger partial charge in [-0.25, -0.2) is 0 Å². The number of hydrogen-bond donors (Lipinski definition) is 0. The fourth-order valence-electron chi connectivity index (χ4n) is 1.89. The minimum atomic E-state index is 0. The van der Waals surface area contributed by atoms with Crippen molar-refractivity contribution in [1.82, 2.24) is 0 Å². The van der Waals surface area contributed by atoms with Gasteiger partial charge in [0.05, 0.1) is 0 Å². The average molecular weight is 333 g/mol. The molecule has 0 amide bonds. The molecule has 0 aromatic heterocycles. The molecular formula is C11H18Cl3SiTi-2. The number of aryl methyl sites for hydroxylation is 2. The van der Waals surface area contributed by atoms with Crippen LogP contribution in [0.2, 0.25) is 0 Å². The summed E-state index contributed by atoms with van der Waals surface area (Å²) in [6.07, 6.45) is 5.45. The van der Waals surface area contributed by atoms with Gasteiger partial charge in [0.25, 0.3) is 0 Å². The van der Waals surface area contributed by atoms with E-state index in [0.717, 1.165) is 10.2 Å². The first-order valence-corrected chi connectivity index (χ1v) is 6.24. The first kappa shape index (κ1) is 25.9. The van der Waals surface area contributed by atoms with Crippen LogP contribution in [-0.2, 0) is 34.6 Å². The van der Waals surface area contributed by atoms with E-state index in [9.17, 15) is 0 Å². The Morgan fingerprint density at radius 2 is 1.62 bits per heavy atom. The smallest absolute Gasteiger partial charge is 1.00 e. The van der Waals surface area contributed by atoms with Gasteiger partial charge in [-0.05, 0) is 0 Å². The molecule has 0 nitrogen and oxygen atoms in total. The van der Waals surface area contributed by atoms with Crippen LogP contribution in [0.1, 0.15) is 29.5 Å². The normalized spacial score (nSPS) is 11.1. The fraction of sp³-hybridized carbons (Fsp3) is 0.455. The van der Waals surface area contributed by atoms with E-state index in [-0.39, 0.29) is 58.9 Å². The number of fused-ring (bicyclic) bond motifs is 1. The fourth-order valence-corrected chi connectivity index (χ4v) is 1.89. The van der Waals surface area contributed by atoms with E-state index >= 15 is 0 Å². The average Bonchev–Trinajstić information content (AvgIpc) is 2.53. The summed E-state index contributed by atoms with van der Waals surface area (Å²) in [4.78, 5) is 0. The Kier molecular flexibility index (Phi) is 23.0. The molecule has 0 heterocycles. The van der Waals surface area contributed by atoms with E-state index in [2.05, 4.69) is 25.6 Å². The van der Waals surface area contributed by atoms with Crippen LogP contribution in [0.3, 0.4) is 0 Å². The quantitative estimate of drug-likeness (QED) is 0.327. The van der Waals surface area contributed by atoms with Crippen LogP contribution in [0.15, 0.2) is 12.1 Å². The maximum atomic E-state index is 3.39. The summed E-state index contributed by atoms with van der Waals surface area (Å²) in [6, 6.07) is 4.56. The van der Waals surface area contributed by atoms with Crippen molar-refractivity contribution in [2.45, 2.75) is 32.6 Å². The van der Waals surface area contributed by atoms with Crippen LogP contribution in [0.4, 0.5) is 0 Å². The van der Waals surface area contributed by atoms with Crippen molar-refractivity contribution in [3.63, 3.8) is 0 Å². The van der Waals surface area contributed by atoms with Gasteiger partial charge in [0.15, 0.2) is 0 Å². The van der Waals surface area contributed by atoms with Crippen LogP contribution >= 0.6 is 0 Å². The first-order valence-electron chi connectivity index (χ1n) is 4.82. The Morgan fingerprint density at radius 3 is 2.12 bits per heavy atom. The number of hydrogen-bond acceptors (Lipinski definition) is 0. The molecule has 0 fully saturated rings. The van der Waals surface area contributed by atoms with Crippen molar-refractivity contribution in [1.29, 1.82) is 0 Å². The zero-order chi connectivity index (χ0) is 8.97. The molecule has 5 heteroatoms. The minimum absolute atomic E-state index is 0. The van der Waals surface area contributed by atoms with Crippen LogP contribution in [0, 0.1) is 13.5 Å². The Morgan fingerprint density at radius 1 is 1.12 bits per heavy atom. The summed E-state index contributed by atoms with van der Waals surface area (Å²) in [6.45, 7) is 5.62. The SMILES string of the molecule is Cc1c[cH-]c2c1CCCC2.[CH2-][SiH3].[Cl-].[Cl-].[Cl-].[Ti+3]. The molecule has 0 unspecified atom stereocenters. The molecule has 93 valence electrons. The molecule has 1 aromatic carbocycles. The zero-order valence-electron chi connectivity index (χ0n) is 9.82. The Balaban J connectivity index is -0.000000114. The molecule has 1 aliphatic rings. The monoisotopic (exact) mass is 331 g/mol. The molecule has 1 aromatic rings. The van der Waals surface area contributed by atoms with E-state index in [4.69, 9.17) is 0 Å². The van der Waals surface area contributed by atoms with Crippen molar-refractivity contribution in [3.8, 4) is 0 Å². The van der Waals surface area contributed by atoms with Crippen LogP contribution in [0.5, 0.6) is 0 Å². The molecule has 0 atom stereocenters. The van der Waals surface area contributed by atoms with Gasteiger partial charge in [0, 0.05) is 0 Å². The van der Waals surface area contributed by atoms with E-state index in [1.54, 1.807) is 11.1 Å². The summed E-state index contributed by atoms with van der Waals surface area (Å²) in [5, 5.41) is 0. The maximum Gasteiger partial charge on any atom is 3.00 e. The maximum absolute atomic E-state index is 3.39. The molecule has 0 saturated carbocycles. The van der Waals surface area contributed by atoms with Crippen LogP contribution in [-0.4, -0.2) is 10.2 Å². The second-order valence-electron chi connectivity index (χ2n) is 3.23. The molecule has 0 aliphatic heterocycles. The summed E-state index contributed by atoms with van der Waals surface area (Å²) in [7, 11) is 1.06. The molecule has 0 bridgehead atoms. The third-order valence-electron chi connectivity index (χ3n) is 2.52. The molecule has 0 spiro atoms. The van der Waals surface area contributed by atoms with E-state index in [1.165, 1.54) is 31.2 Å². The van der Waals surface area contributed by atoms with Gasteiger partial charge in [-0.15, -0.1) is 10.2 Å². The Hall–Kier alpha value is 1.15. The summed E-state index contributed by atoms with van der Waals surface area (Å²) < 4.78 is 0. The van der Waals surface area contributed by atoms with Gasteiger partial charge in [0.1, 0.15) is 0 Å². The first-order chi connectivity index (χ1) is 5.88. The second kappa shape index (κ2) is 14.2. The largest absolute Gasteiger partial charge is 3.00 e. The van der Waals surface area contributed by atoms with Gasteiger partial charge < -0.3 is 43.8 Å². The van der Waals surface area contributed by atoms with Crippen molar-refractivity contribution in [3.05, 3.63) is 35.4 Å². The second-order valence-corrected chi connectivity index (χ2v) is 3.23. The third-order valence-corrected chi connectivity index (χ3v) is 2.52. The van der Waals surface area contributed by atoms with Crippen molar-refractivity contribution < 1.29 is 58.9 Å². The summed E-state index contributed by atoms with van der Waals surface area (Å²) >= 11 is 0. The van der Waals surface area contributed by atoms with E-state index < -0.39 is 0 Å². The number of rotatable bonds is 0. The predicted molar refractivity (Wildman–Crippen MR) is 58.7 cm³/mol. The summed E-state index contributed by atoms with van der Waals surface area (Å²) in [5.41, 5.74) is 4.77. The summed E-state index contributed by atoms with van der Waals surface area (Å²) in [5.74, 6) is 0. The van der Waals surface area contributed by atoms with Gasteiger partial charge in [-0.1, -0.05) is 32.6 Å². The van der Waals surface area contributed by atoms with Crippen molar-refractivity contribution in [2.75, 3.05) is 0 Å². The van der Waals surface area contributed by atoms with Crippen LogP contribution < -0.4 is 37.2 Å². The predicted octanol–water partition coefficient (Wildman–Crippen LogP) is -7.25. The third kappa shape index (κ3) is 6.78. The zero-order valence-corrected chi connectivity index (χ0v) is 15.7. The van der Waals surface area contributed by atoms with Crippen molar-refractivity contribution >= 4 is 10.2 Å². The Labute approximate surface area is 136 Å². The Bertz CT molecular complexity index is 251. The standard InChI is InChI=1S/C10H13.CH5Si.3ClH.Ti/c1-8-6-7-9-4-2-3-5-10(8)9;1-2;;;;/h6-7H,2-5H2,1H3;1H2,2H3;3*1H;/q2*-1;;;;+3/p-3. The van der Waals surface area contributed by atoms with E-state index in [1.807, 2.05) is 0 Å². The van der Waals surface area contributed by atoms with E-state index in [0.29, 0.717) is 0 Å². The minimum Gasteiger partial charge on any atom is -1.00 e. The molecule has 2 rings (SSSR count). The van der Waals surface area contributed by atoms with Gasteiger partial charge >= 0.3 is 21.7 Å². The van der Waals surface area contributed by atoms with Gasteiger partial charge in [-0.3, -0.25) is 0 Å².